The number of urea groups is 1. The zero-order valence-electron chi connectivity index (χ0n) is 36.5. The van der Waals surface area contributed by atoms with E-state index in [0.29, 0.717) is 17.9 Å². The van der Waals surface area contributed by atoms with Gasteiger partial charge in [-0.15, -0.1) is 0 Å². The van der Waals surface area contributed by atoms with E-state index in [1.165, 1.54) is 86.9 Å². The molecule has 0 aromatic heterocycles. The molecule has 0 aliphatic carbocycles. The van der Waals surface area contributed by atoms with Gasteiger partial charge in [0, 0.05) is 25.7 Å². The van der Waals surface area contributed by atoms with Crippen LogP contribution in [0.15, 0.2) is 0 Å². The number of hydrogen-bond acceptors (Lipinski definition) is 10. The van der Waals surface area contributed by atoms with Gasteiger partial charge in [0.05, 0.1) is 44.3 Å². The van der Waals surface area contributed by atoms with E-state index in [0.717, 1.165) is 0 Å². The van der Waals surface area contributed by atoms with Crippen molar-refractivity contribution >= 4 is 34.5 Å². The maximum absolute atomic E-state index is 13.3. The maximum Gasteiger partial charge on any atom is 0.410 e. The van der Waals surface area contributed by atoms with Crippen LogP contribution in [0.2, 0.25) is 0 Å². The van der Waals surface area contributed by atoms with Crippen molar-refractivity contribution in [1.29, 1.82) is 0 Å². The van der Waals surface area contributed by atoms with Crippen molar-refractivity contribution in [3.05, 3.63) is 0 Å². The van der Waals surface area contributed by atoms with Crippen LogP contribution in [0.4, 0.5) is 14.4 Å². The average molecular weight is 831 g/mol. The zero-order valence-corrected chi connectivity index (χ0v) is 37.4. The van der Waals surface area contributed by atoms with Crippen molar-refractivity contribution in [2.75, 3.05) is 45.8 Å². The first-order valence-electron chi connectivity index (χ1n) is 21.5. The van der Waals surface area contributed by atoms with Gasteiger partial charge in [0.1, 0.15) is 17.2 Å². The third-order valence-electron chi connectivity index (χ3n) is 11.1. The van der Waals surface area contributed by atoms with Crippen molar-refractivity contribution in [3.8, 4) is 0 Å². The average Bonchev–Trinajstić information content (AvgIpc) is 3.32. The largest absolute Gasteiger partial charge is 0.724 e. The van der Waals surface area contributed by atoms with Crippen LogP contribution in [-0.4, -0.2) is 149 Å². The molecular weight excluding hydrogens is 757 g/mol. The second kappa shape index (κ2) is 20.9. The number of likely N-dealkylation sites (tertiary alicyclic amines) is 1. The number of carbonyl (C=O) groups is 4. The number of hydroxylamine groups is 2. The third kappa shape index (κ3) is 14.7. The number of fused-ring (bicyclic) bond motifs is 4. The molecule has 5 amide bonds. The van der Waals surface area contributed by atoms with E-state index in [4.69, 9.17) is 9.47 Å². The summed E-state index contributed by atoms with van der Waals surface area (Å²) in [7, 11) is -5.14. The minimum Gasteiger partial charge on any atom is -0.724 e. The summed E-state index contributed by atoms with van der Waals surface area (Å²) in [5.41, 5.74) is -1.40. The first-order chi connectivity index (χ1) is 26.6. The van der Waals surface area contributed by atoms with Crippen molar-refractivity contribution in [3.63, 3.8) is 0 Å². The Morgan fingerprint density at radius 3 is 1.61 bits per heavy atom. The van der Waals surface area contributed by atoms with Crippen LogP contribution in [0.3, 0.4) is 0 Å². The maximum atomic E-state index is 13.3. The molecule has 4 aliphatic heterocycles. The first kappa shape index (κ1) is 48.5. The molecule has 4 aliphatic rings. The Kier molecular flexibility index (Phi) is 17.8. The molecule has 16 nitrogen and oxygen atoms in total. The van der Waals surface area contributed by atoms with Gasteiger partial charge in [-0.05, 0) is 92.9 Å². The van der Waals surface area contributed by atoms with Crippen molar-refractivity contribution < 1.29 is 50.4 Å². The normalized spacial score (nSPS) is 23.8. The summed E-state index contributed by atoms with van der Waals surface area (Å²) in [6, 6.07) is -3.62. The minimum atomic E-state index is -5.14. The third-order valence-corrected chi connectivity index (χ3v) is 11.4. The van der Waals surface area contributed by atoms with Crippen LogP contribution in [0.25, 0.3) is 0 Å². The SMILES string of the molecule is CC(C)(C)OC(=O)N1CC2CC(NC(=O)[C@@H]3CC[C@@H]4CN3C(=O)N4OS(=O)(=O)[O-])CC(C1)N2C(=O)OC(C)(C)C.CCCC[N+](CCCC)(CCCC)CCCC. The van der Waals surface area contributed by atoms with Gasteiger partial charge in [-0.25, -0.2) is 22.8 Å². The smallest absolute Gasteiger partial charge is 0.410 e. The highest BCUT2D eigenvalue weighted by atomic mass is 32.3. The first-order valence-corrected chi connectivity index (χ1v) is 22.8. The van der Waals surface area contributed by atoms with Gasteiger partial charge in [-0.2, -0.15) is 9.35 Å². The Labute approximate surface area is 342 Å². The Bertz CT molecular complexity index is 1400. The molecule has 0 saturated carbocycles. The van der Waals surface area contributed by atoms with Crippen LogP contribution in [0.5, 0.6) is 0 Å². The number of nitrogens with zero attached hydrogens (tertiary/aromatic N) is 5. The molecule has 4 bridgehead atoms. The minimum absolute atomic E-state index is 0.0552. The zero-order chi connectivity index (χ0) is 42.8. The summed E-state index contributed by atoms with van der Waals surface area (Å²) in [4.78, 5) is 56.4. The number of nitrogens with one attached hydrogen (secondary N) is 1. The number of amides is 5. The number of hydrogen-bond donors (Lipinski definition) is 1. The number of unbranched alkanes of at least 4 members (excludes halogenated alkanes) is 4. The second-order valence-corrected chi connectivity index (χ2v) is 19.4. The van der Waals surface area contributed by atoms with E-state index in [2.05, 4.69) is 37.3 Å². The molecular formula is C40H74N6O10S. The van der Waals surface area contributed by atoms with Gasteiger partial charge in [0.2, 0.25) is 16.3 Å². The monoisotopic (exact) mass is 831 g/mol. The molecule has 2 unspecified atom stereocenters. The lowest BCUT2D eigenvalue weighted by Crippen LogP contribution is -2.68. The van der Waals surface area contributed by atoms with E-state index in [1.807, 2.05) is 0 Å². The molecule has 4 saturated heterocycles. The van der Waals surface area contributed by atoms with Gasteiger partial charge in [0.25, 0.3) is 0 Å². The van der Waals surface area contributed by atoms with Gasteiger partial charge in [-0.3, -0.25) is 9.69 Å². The number of quaternary nitrogens is 1. The number of carbonyl (C=O) groups excluding carboxylic acids is 4. The summed E-state index contributed by atoms with van der Waals surface area (Å²) in [6.45, 7) is 26.1. The van der Waals surface area contributed by atoms with E-state index in [9.17, 15) is 32.1 Å². The Hall–Kier alpha value is -2.89. The lowest BCUT2D eigenvalue weighted by Gasteiger charge is -2.51. The lowest BCUT2D eigenvalue weighted by atomic mass is 9.87. The molecule has 57 heavy (non-hydrogen) atoms. The van der Waals surface area contributed by atoms with Gasteiger partial charge < -0.3 is 33.6 Å². The van der Waals surface area contributed by atoms with Crippen LogP contribution in [0.1, 0.15) is 146 Å². The summed E-state index contributed by atoms with van der Waals surface area (Å²) in [6.07, 6.45) is 11.3. The molecule has 4 heterocycles. The predicted octanol–water partition coefficient (Wildman–Crippen LogP) is 6.15. The molecule has 0 aromatic carbocycles. The van der Waals surface area contributed by atoms with Crippen molar-refractivity contribution in [2.24, 2.45) is 0 Å². The summed E-state index contributed by atoms with van der Waals surface area (Å²) in [5.74, 6) is -0.420. The van der Waals surface area contributed by atoms with Crippen LogP contribution in [-0.2, 0) is 29.0 Å². The summed E-state index contributed by atoms with van der Waals surface area (Å²) >= 11 is 0. The second-order valence-electron chi connectivity index (χ2n) is 18.4. The number of ether oxygens (including phenoxy) is 2. The highest BCUT2D eigenvalue weighted by molar-refractivity contribution is 7.80. The molecule has 330 valence electrons. The van der Waals surface area contributed by atoms with Gasteiger partial charge >= 0.3 is 18.2 Å². The van der Waals surface area contributed by atoms with Crippen LogP contribution in [0, 0.1) is 0 Å². The molecule has 4 atom stereocenters. The van der Waals surface area contributed by atoms with Gasteiger partial charge in [0.15, 0.2) is 0 Å². The molecule has 0 radical (unpaired) electrons. The number of piperazine rings is 1. The Balaban J connectivity index is 0.000000432. The van der Waals surface area contributed by atoms with Crippen LogP contribution < -0.4 is 5.32 Å². The number of piperidine rings is 2. The quantitative estimate of drug-likeness (QED) is 0.108. The van der Waals surface area contributed by atoms with E-state index in [-0.39, 0.29) is 38.5 Å². The summed E-state index contributed by atoms with van der Waals surface area (Å²) < 4.78 is 50.0. The fourth-order valence-electron chi connectivity index (χ4n) is 8.44. The molecule has 0 aromatic rings. The van der Waals surface area contributed by atoms with E-state index >= 15 is 0 Å². The molecule has 17 heteroatoms. The van der Waals surface area contributed by atoms with Gasteiger partial charge in [-0.1, -0.05) is 53.4 Å². The van der Waals surface area contributed by atoms with Crippen molar-refractivity contribution in [2.45, 2.75) is 188 Å². The Morgan fingerprint density at radius 2 is 1.19 bits per heavy atom. The van der Waals surface area contributed by atoms with Crippen LogP contribution >= 0.6 is 0 Å². The van der Waals surface area contributed by atoms with E-state index in [1.54, 1.807) is 51.3 Å². The molecule has 4 rings (SSSR count). The molecule has 1 N–H and O–H groups in total. The number of rotatable bonds is 16. The topological polar surface area (TPSA) is 178 Å². The lowest BCUT2D eigenvalue weighted by molar-refractivity contribution is -0.929. The predicted molar refractivity (Wildman–Crippen MR) is 216 cm³/mol. The Morgan fingerprint density at radius 1 is 0.737 bits per heavy atom. The highest BCUT2D eigenvalue weighted by Crippen LogP contribution is 2.34. The molecule has 4 fully saturated rings. The highest BCUT2D eigenvalue weighted by Gasteiger charge is 2.51. The fraction of sp³-hybridized carbons (Fsp3) is 0.900. The summed E-state index contributed by atoms with van der Waals surface area (Å²) in [5, 5.41) is 3.52. The van der Waals surface area contributed by atoms with E-state index < -0.39 is 69.9 Å². The standard InChI is InChI=1S/C24H39N5O10S.C16H36N/c1-23(2,3)37-21(32)26-11-16-9-14(10-17(12-26)28(16)22(33)38-24(4,5)6)25-19(30)18-8-7-15-13-27(18)20(31)29(15)39-40(34,35)36;1-5-9-13-17(14-10-6-2,15-11-7-3)16-12-8-4/h14-18H,7-13H2,1-6H3,(H,25,30)(H,34,35,36);5-16H2,1-4H3/q;+1/p-1/t14?,15-,16?,17?,18+;/m1./s1. The van der Waals surface area contributed by atoms with Crippen molar-refractivity contribution in [1.82, 2.24) is 25.1 Å². The fourth-order valence-corrected chi connectivity index (χ4v) is 8.82. The molecule has 0 spiro atoms.